The lowest BCUT2D eigenvalue weighted by atomic mass is 9.88. The number of aryl methyl sites for hydroxylation is 1. The van der Waals surface area contributed by atoms with Gasteiger partial charge in [0.25, 0.3) is 5.91 Å². The van der Waals surface area contributed by atoms with E-state index < -0.39 is 6.04 Å². The normalized spacial score (nSPS) is 15.8. The van der Waals surface area contributed by atoms with Gasteiger partial charge in [0.15, 0.2) is 0 Å². The number of carbonyl (C=O) groups excluding carboxylic acids is 3. The zero-order chi connectivity index (χ0) is 21.4. The lowest BCUT2D eigenvalue weighted by Crippen LogP contribution is -2.54. The fraction of sp³-hybridized carbons (Fsp3) is 0.609. The van der Waals surface area contributed by atoms with Crippen LogP contribution >= 0.6 is 0 Å². The first-order valence-electron chi connectivity index (χ1n) is 10.8. The van der Waals surface area contributed by atoms with Gasteiger partial charge in [0.1, 0.15) is 6.04 Å². The molecular formula is C23H35N3O3. The first-order valence-corrected chi connectivity index (χ1v) is 10.8. The third-order valence-electron chi connectivity index (χ3n) is 5.45. The third-order valence-corrected chi connectivity index (χ3v) is 5.45. The van der Waals surface area contributed by atoms with Gasteiger partial charge in [-0.15, -0.1) is 0 Å². The van der Waals surface area contributed by atoms with Crippen molar-refractivity contribution in [1.29, 1.82) is 0 Å². The summed E-state index contributed by atoms with van der Waals surface area (Å²) in [5.74, 6) is 0.164. The van der Waals surface area contributed by atoms with Gasteiger partial charge in [0.2, 0.25) is 11.8 Å². The first-order chi connectivity index (χ1) is 13.8. The summed E-state index contributed by atoms with van der Waals surface area (Å²) in [5, 5.41) is 5.90. The molecule has 1 unspecified atom stereocenters. The summed E-state index contributed by atoms with van der Waals surface area (Å²) in [6.45, 7) is 9.82. The maximum atomic E-state index is 12.8. The summed E-state index contributed by atoms with van der Waals surface area (Å²) in [6, 6.07) is 6.80. The number of rotatable bonds is 8. The van der Waals surface area contributed by atoms with Gasteiger partial charge in [0.05, 0.1) is 0 Å². The van der Waals surface area contributed by atoms with Gasteiger partial charge in [0, 0.05) is 31.6 Å². The standard InChI is InChI=1S/C23H35N3O3/c1-5-12-24-23(29)21(25-22(28)19-9-7-6-8-17(19)4)18-10-13-26(14-11-18)20(27)15-16(2)3/h6-9,16,18,21H,5,10-15H2,1-4H3,(H,24,29)(H,25,28). The number of nitrogens with one attached hydrogen (secondary N) is 2. The van der Waals surface area contributed by atoms with Crippen LogP contribution in [0.4, 0.5) is 0 Å². The van der Waals surface area contributed by atoms with Crippen LogP contribution in [0, 0.1) is 18.8 Å². The quantitative estimate of drug-likeness (QED) is 0.703. The highest BCUT2D eigenvalue weighted by molar-refractivity contribution is 5.98. The van der Waals surface area contributed by atoms with Crippen molar-refractivity contribution in [2.45, 2.75) is 59.4 Å². The molecule has 1 aromatic carbocycles. The van der Waals surface area contributed by atoms with Gasteiger partial charge in [-0.25, -0.2) is 0 Å². The second-order valence-electron chi connectivity index (χ2n) is 8.37. The molecule has 0 aromatic heterocycles. The minimum atomic E-state index is -0.587. The maximum Gasteiger partial charge on any atom is 0.252 e. The Bertz CT molecular complexity index is 709. The van der Waals surface area contributed by atoms with E-state index in [4.69, 9.17) is 0 Å². The van der Waals surface area contributed by atoms with Crippen molar-refractivity contribution in [2.24, 2.45) is 11.8 Å². The Labute approximate surface area is 174 Å². The maximum absolute atomic E-state index is 12.8. The van der Waals surface area contributed by atoms with Crippen LogP contribution in [0.15, 0.2) is 24.3 Å². The fourth-order valence-corrected chi connectivity index (χ4v) is 3.76. The molecule has 0 radical (unpaired) electrons. The molecule has 3 amide bonds. The van der Waals surface area contributed by atoms with Crippen molar-refractivity contribution in [3.63, 3.8) is 0 Å². The Kier molecular flexibility index (Phi) is 8.68. The lowest BCUT2D eigenvalue weighted by molar-refractivity contribution is -0.133. The Hall–Kier alpha value is -2.37. The third kappa shape index (κ3) is 6.58. The first kappa shape index (κ1) is 22.9. The summed E-state index contributed by atoms with van der Waals surface area (Å²) in [4.78, 5) is 39.9. The number of amides is 3. The number of piperidine rings is 1. The molecule has 0 aliphatic carbocycles. The summed E-state index contributed by atoms with van der Waals surface area (Å²) >= 11 is 0. The zero-order valence-corrected chi connectivity index (χ0v) is 18.2. The van der Waals surface area contributed by atoms with E-state index in [1.807, 2.05) is 50.8 Å². The van der Waals surface area contributed by atoms with E-state index in [-0.39, 0.29) is 23.6 Å². The van der Waals surface area contributed by atoms with Crippen LogP contribution in [-0.4, -0.2) is 48.3 Å². The zero-order valence-electron chi connectivity index (χ0n) is 18.2. The minimum Gasteiger partial charge on any atom is -0.354 e. The molecule has 160 valence electrons. The van der Waals surface area contributed by atoms with Gasteiger partial charge >= 0.3 is 0 Å². The van der Waals surface area contributed by atoms with Gasteiger partial charge < -0.3 is 15.5 Å². The van der Waals surface area contributed by atoms with Crippen molar-refractivity contribution in [3.8, 4) is 0 Å². The minimum absolute atomic E-state index is 0.0166. The van der Waals surface area contributed by atoms with Crippen LogP contribution in [0.1, 0.15) is 62.4 Å². The molecule has 6 heteroatoms. The molecule has 29 heavy (non-hydrogen) atoms. The number of hydrogen-bond donors (Lipinski definition) is 2. The van der Waals surface area contributed by atoms with E-state index >= 15 is 0 Å². The summed E-state index contributed by atoms with van der Waals surface area (Å²) < 4.78 is 0. The summed E-state index contributed by atoms with van der Waals surface area (Å²) in [7, 11) is 0. The molecule has 2 rings (SSSR count). The number of hydrogen-bond acceptors (Lipinski definition) is 3. The molecule has 2 N–H and O–H groups in total. The molecule has 6 nitrogen and oxygen atoms in total. The molecule has 0 spiro atoms. The molecule has 1 aliphatic heterocycles. The average molecular weight is 402 g/mol. The number of nitrogens with zero attached hydrogens (tertiary/aromatic N) is 1. The van der Waals surface area contributed by atoms with Crippen LogP contribution in [0.3, 0.4) is 0 Å². The van der Waals surface area contributed by atoms with E-state index in [2.05, 4.69) is 10.6 Å². The van der Waals surface area contributed by atoms with Crippen LogP contribution in [0.5, 0.6) is 0 Å². The monoisotopic (exact) mass is 401 g/mol. The molecule has 0 saturated carbocycles. The largest absolute Gasteiger partial charge is 0.354 e. The highest BCUT2D eigenvalue weighted by Gasteiger charge is 2.34. The number of carbonyl (C=O) groups is 3. The fourth-order valence-electron chi connectivity index (χ4n) is 3.76. The Morgan fingerprint density at radius 2 is 1.79 bits per heavy atom. The summed E-state index contributed by atoms with van der Waals surface area (Å²) in [5.41, 5.74) is 1.47. The van der Waals surface area contributed by atoms with Gasteiger partial charge in [-0.3, -0.25) is 14.4 Å². The van der Waals surface area contributed by atoms with Crippen LogP contribution < -0.4 is 10.6 Å². The molecule has 1 saturated heterocycles. The van der Waals surface area contributed by atoms with Gasteiger partial charge in [-0.1, -0.05) is 39.0 Å². The van der Waals surface area contributed by atoms with Crippen molar-refractivity contribution in [2.75, 3.05) is 19.6 Å². The van der Waals surface area contributed by atoms with Crippen LogP contribution in [0.25, 0.3) is 0 Å². The van der Waals surface area contributed by atoms with E-state index in [1.165, 1.54) is 0 Å². The van der Waals surface area contributed by atoms with Crippen molar-refractivity contribution in [3.05, 3.63) is 35.4 Å². The molecule has 1 fully saturated rings. The predicted octanol–water partition coefficient (Wildman–Crippen LogP) is 2.90. The second-order valence-corrected chi connectivity index (χ2v) is 8.37. The van der Waals surface area contributed by atoms with Crippen LogP contribution in [0.2, 0.25) is 0 Å². The van der Waals surface area contributed by atoms with Crippen LogP contribution in [-0.2, 0) is 9.59 Å². The highest BCUT2D eigenvalue weighted by atomic mass is 16.2. The molecule has 0 bridgehead atoms. The van der Waals surface area contributed by atoms with Gasteiger partial charge in [-0.05, 0) is 49.7 Å². The van der Waals surface area contributed by atoms with E-state index in [1.54, 1.807) is 6.07 Å². The molecule has 1 atom stereocenters. The van der Waals surface area contributed by atoms with E-state index in [0.717, 1.165) is 12.0 Å². The van der Waals surface area contributed by atoms with Gasteiger partial charge in [-0.2, -0.15) is 0 Å². The summed E-state index contributed by atoms with van der Waals surface area (Å²) in [6.07, 6.45) is 2.81. The Morgan fingerprint density at radius 1 is 1.14 bits per heavy atom. The molecular weight excluding hydrogens is 366 g/mol. The number of benzene rings is 1. The SMILES string of the molecule is CCCNC(=O)C(NC(=O)c1ccccc1C)C1CCN(C(=O)CC(C)C)CC1. The number of likely N-dealkylation sites (tertiary alicyclic amines) is 1. The molecule has 1 heterocycles. The lowest BCUT2D eigenvalue weighted by Gasteiger charge is -2.36. The smallest absolute Gasteiger partial charge is 0.252 e. The van der Waals surface area contributed by atoms with E-state index in [0.29, 0.717) is 50.4 Å². The topological polar surface area (TPSA) is 78.5 Å². The van der Waals surface area contributed by atoms with Crippen molar-refractivity contribution < 1.29 is 14.4 Å². The Balaban J connectivity index is 2.07. The second kappa shape index (κ2) is 11.0. The molecule has 1 aliphatic rings. The highest BCUT2D eigenvalue weighted by Crippen LogP contribution is 2.23. The predicted molar refractivity (Wildman–Crippen MR) is 114 cm³/mol. The van der Waals surface area contributed by atoms with Crippen molar-refractivity contribution >= 4 is 17.7 Å². The Morgan fingerprint density at radius 3 is 2.38 bits per heavy atom. The van der Waals surface area contributed by atoms with E-state index in [9.17, 15) is 14.4 Å². The molecule has 1 aromatic rings. The van der Waals surface area contributed by atoms with Crippen molar-refractivity contribution in [1.82, 2.24) is 15.5 Å². The average Bonchev–Trinajstić information content (AvgIpc) is 2.70.